The number of rotatable bonds is 6. The van der Waals surface area contributed by atoms with Gasteiger partial charge in [0.05, 0.1) is 7.11 Å². The molecule has 6 heteroatoms. The van der Waals surface area contributed by atoms with Gasteiger partial charge in [0.2, 0.25) is 0 Å². The molecule has 3 aromatic carbocycles. The number of methoxy groups -OCH3 is 1. The zero-order chi connectivity index (χ0) is 22.4. The Balaban J connectivity index is 1.96. The van der Waals surface area contributed by atoms with Gasteiger partial charge in [-0.15, -0.1) is 0 Å². The highest BCUT2D eigenvalue weighted by atomic mass is 35.5. The molecule has 0 bridgehead atoms. The summed E-state index contributed by atoms with van der Waals surface area (Å²) in [6, 6.07) is 18.8. The predicted octanol–water partition coefficient (Wildman–Crippen LogP) is 5.93. The Morgan fingerprint density at radius 2 is 1.94 bits per heavy atom. The molecule has 156 valence electrons. The molecule has 1 N–H and O–H groups in total. The number of carbonyl (C=O) groups excluding carboxylic acids is 1. The zero-order valence-corrected chi connectivity index (χ0v) is 17.8. The average molecular weight is 435 g/mol. The Hall–Kier alpha value is -3.62. The molecule has 3 aromatic rings. The Kier molecular flexibility index (Phi) is 7.07. The van der Waals surface area contributed by atoms with E-state index in [1.54, 1.807) is 68.6 Å². The highest BCUT2D eigenvalue weighted by molar-refractivity contribution is 6.31. The Labute approximate surface area is 185 Å². The number of halogens is 2. The summed E-state index contributed by atoms with van der Waals surface area (Å²) in [7, 11) is 1.54. The van der Waals surface area contributed by atoms with Crippen LogP contribution in [0, 0.1) is 24.1 Å². The third-order valence-corrected chi connectivity index (χ3v) is 5.28. The van der Waals surface area contributed by atoms with Crippen LogP contribution in [0.5, 0.6) is 5.75 Å². The topological polar surface area (TPSA) is 62.1 Å². The molecule has 0 aromatic heterocycles. The largest absolute Gasteiger partial charge is 0.497 e. The minimum absolute atomic E-state index is 0.0840. The lowest BCUT2D eigenvalue weighted by Gasteiger charge is -2.11. The fourth-order valence-corrected chi connectivity index (χ4v) is 3.26. The highest BCUT2D eigenvalue weighted by Crippen LogP contribution is 2.26. The minimum atomic E-state index is -0.555. The van der Waals surface area contributed by atoms with Gasteiger partial charge in [-0.05, 0) is 65.6 Å². The first-order valence-corrected chi connectivity index (χ1v) is 9.89. The summed E-state index contributed by atoms with van der Waals surface area (Å²) in [5, 5.41) is 12.8. The van der Waals surface area contributed by atoms with Gasteiger partial charge in [-0.2, -0.15) is 5.26 Å². The van der Waals surface area contributed by atoms with Crippen LogP contribution in [0.3, 0.4) is 0 Å². The third-order valence-electron chi connectivity index (χ3n) is 4.87. The number of hydrogen-bond donors (Lipinski definition) is 1. The molecular formula is C25H20ClFN2O2. The predicted molar refractivity (Wildman–Crippen MR) is 121 cm³/mol. The Bertz CT molecular complexity index is 1200. The Morgan fingerprint density at radius 3 is 2.65 bits per heavy atom. The number of ether oxygens (including phenoxy) is 1. The van der Waals surface area contributed by atoms with E-state index in [2.05, 4.69) is 5.32 Å². The second-order valence-electron chi connectivity index (χ2n) is 6.87. The molecule has 0 spiro atoms. The molecule has 4 nitrogen and oxygen atoms in total. The lowest BCUT2D eigenvalue weighted by Crippen LogP contribution is -2.14. The first-order chi connectivity index (χ1) is 14.9. The van der Waals surface area contributed by atoms with E-state index in [-0.39, 0.29) is 17.8 Å². The molecule has 0 fully saturated rings. The van der Waals surface area contributed by atoms with Gasteiger partial charge < -0.3 is 10.1 Å². The number of nitrogens with zero attached hydrogens (tertiary/aromatic N) is 1. The number of nitrogens with one attached hydrogen (secondary N) is 1. The number of carbonyl (C=O) groups is 1. The molecule has 0 saturated heterocycles. The number of amides is 1. The second-order valence-corrected chi connectivity index (χ2v) is 7.28. The van der Waals surface area contributed by atoms with Crippen LogP contribution < -0.4 is 10.1 Å². The zero-order valence-electron chi connectivity index (χ0n) is 17.1. The van der Waals surface area contributed by atoms with E-state index in [9.17, 15) is 14.4 Å². The SMILES string of the molecule is COc1ccc(/C=C(\C#N)C(=O)Nc2cccc(Cl)c2C)c(Cc2ccccc2F)c1. The lowest BCUT2D eigenvalue weighted by molar-refractivity contribution is -0.112. The van der Waals surface area contributed by atoms with Crippen molar-refractivity contribution >= 4 is 29.3 Å². The molecule has 0 aliphatic rings. The summed E-state index contributed by atoms with van der Waals surface area (Å²) >= 11 is 6.11. The van der Waals surface area contributed by atoms with Gasteiger partial charge >= 0.3 is 0 Å². The molecule has 0 saturated carbocycles. The molecule has 0 atom stereocenters. The normalized spacial score (nSPS) is 11.0. The molecular weight excluding hydrogens is 415 g/mol. The maximum Gasteiger partial charge on any atom is 0.266 e. The van der Waals surface area contributed by atoms with E-state index in [1.807, 2.05) is 6.07 Å². The van der Waals surface area contributed by atoms with Gasteiger partial charge in [-0.1, -0.05) is 41.9 Å². The lowest BCUT2D eigenvalue weighted by atomic mass is 9.97. The second kappa shape index (κ2) is 9.92. The van der Waals surface area contributed by atoms with Gasteiger partial charge in [0, 0.05) is 17.1 Å². The molecule has 3 rings (SSSR count). The maximum absolute atomic E-state index is 14.2. The van der Waals surface area contributed by atoms with Crippen LogP contribution in [0.15, 0.2) is 66.2 Å². The monoisotopic (exact) mass is 434 g/mol. The van der Waals surface area contributed by atoms with Crippen LogP contribution in [-0.2, 0) is 11.2 Å². The van der Waals surface area contributed by atoms with Crippen LogP contribution in [0.25, 0.3) is 6.08 Å². The van der Waals surface area contributed by atoms with Gasteiger partial charge in [0.15, 0.2) is 0 Å². The minimum Gasteiger partial charge on any atom is -0.497 e. The molecule has 0 aliphatic heterocycles. The smallest absolute Gasteiger partial charge is 0.266 e. The van der Waals surface area contributed by atoms with Crippen molar-refractivity contribution in [2.24, 2.45) is 0 Å². The first-order valence-electron chi connectivity index (χ1n) is 9.51. The number of anilines is 1. The number of hydrogen-bond acceptors (Lipinski definition) is 3. The quantitative estimate of drug-likeness (QED) is 0.386. The summed E-state index contributed by atoms with van der Waals surface area (Å²) in [6.45, 7) is 1.78. The summed E-state index contributed by atoms with van der Waals surface area (Å²) in [6.07, 6.45) is 1.77. The molecule has 0 heterocycles. The third kappa shape index (κ3) is 5.30. The van der Waals surface area contributed by atoms with Gasteiger partial charge in [-0.25, -0.2) is 4.39 Å². The van der Waals surface area contributed by atoms with Crippen molar-refractivity contribution in [1.82, 2.24) is 0 Å². The highest BCUT2D eigenvalue weighted by Gasteiger charge is 2.14. The fourth-order valence-electron chi connectivity index (χ4n) is 3.09. The van der Waals surface area contributed by atoms with Gasteiger partial charge in [0.25, 0.3) is 5.91 Å². The number of benzene rings is 3. The standard InChI is InChI=1S/C25H20ClFN2O2/c1-16-22(26)7-5-9-24(16)29-25(30)20(15-28)12-17-10-11-21(31-2)14-19(17)13-18-6-3-4-8-23(18)27/h3-12,14H,13H2,1-2H3,(H,29,30)/b20-12+. The van der Waals surface area contributed by atoms with Crippen molar-refractivity contribution < 1.29 is 13.9 Å². The van der Waals surface area contributed by atoms with Crippen LogP contribution in [-0.4, -0.2) is 13.0 Å². The van der Waals surface area contributed by atoms with Crippen LogP contribution in [0.1, 0.15) is 22.3 Å². The molecule has 1 amide bonds. The van der Waals surface area contributed by atoms with Crippen LogP contribution >= 0.6 is 11.6 Å². The molecule has 0 unspecified atom stereocenters. The van der Waals surface area contributed by atoms with Crippen molar-refractivity contribution in [2.75, 3.05) is 12.4 Å². The summed E-state index contributed by atoms with van der Waals surface area (Å²) < 4.78 is 19.5. The van der Waals surface area contributed by atoms with Gasteiger partial charge in [0.1, 0.15) is 23.2 Å². The van der Waals surface area contributed by atoms with E-state index in [0.29, 0.717) is 33.1 Å². The Morgan fingerprint density at radius 1 is 1.16 bits per heavy atom. The van der Waals surface area contributed by atoms with E-state index < -0.39 is 5.91 Å². The average Bonchev–Trinajstić information content (AvgIpc) is 2.77. The maximum atomic E-state index is 14.2. The van der Waals surface area contributed by atoms with E-state index >= 15 is 0 Å². The fraction of sp³-hybridized carbons (Fsp3) is 0.120. The summed E-state index contributed by atoms with van der Waals surface area (Å²) in [5.41, 5.74) is 3.00. The van der Waals surface area contributed by atoms with Crippen molar-refractivity contribution in [2.45, 2.75) is 13.3 Å². The van der Waals surface area contributed by atoms with E-state index in [1.165, 1.54) is 12.1 Å². The van der Waals surface area contributed by atoms with Crippen molar-refractivity contribution in [3.8, 4) is 11.8 Å². The van der Waals surface area contributed by atoms with Gasteiger partial charge in [-0.3, -0.25) is 4.79 Å². The van der Waals surface area contributed by atoms with Crippen molar-refractivity contribution in [1.29, 1.82) is 5.26 Å². The van der Waals surface area contributed by atoms with Crippen LogP contribution in [0.2, 0.25) is 5.02 Å². The first kappa shape index (κ1) is 22.1. The van der Waals surface area contributed by atoms with Crippen LogP contribution in [0.4, 0.5) is 10.1 Å². The van der Waals surface area contributed by atoms with E-state index in [0.717, 1.165) is 5.56 Å². The van der Waals surface area contributed by atoms with Crippen molar-refractivity contribution in [3.63, 3.8) is 0 Å². The number of nitriles is 1. The molecule has 0 radical (unpaired) electrons. The summed E-state index contributed by atoms with van der Waals surface area (Å²) in [4.78, 5) is 12.7. The summed E-state index contributed by atoms with van der Waals surface area (Å²) in [5.74, 6) is -0.281. The molecule has 0 aliphatic carbocycles. The van der Waals surface area contributed by atoms with Crippen molar-refractivity contribution in [3.05, 3.63) is 99.3 Å². The van der Waals surface area contributed by atoms with E-state index in [4.69, 9.17) is 16.3 Å². The molecule has 31 heavy (non-hydrogen) atoms.